The average Bonchev–Trinajstić information content (AvgIpc) is 3.61. The Labute approximate surface area is 225 Å². The molecular formula is C33H30N6. The van der Waals surface area contributed by atoms with Gasteiger partial charge in [0.25, 0.3) is 0 Å². The number of benzene rings is 4. The van der Waals surface area contributed by atoms with E-state index in [1.807, 2.05) is 0 Å². The molecule has 2 saturated heterocycles. The lowest BCUT2D eigenvalue weighted by molar-refractivity contribution is 0.264. The van der Waals surface area contributed by atoms with Gasteiger partial charge in [-0.1, -0.05) is 36.4 Å². The molecule has 2 saturated carbocycles. The number of hydrogen-bond donors (Lipinski definition) is 3. The zero-order valence-corrected chi connectivity index (χ0v) is 21.9. The third-order valence-electron chi connectivity index (χ3n) is 10.3. The minimum absolute atomic E-state index is 0.370. The van der Waals surface area contributed by atoms with Gasteiger partial charge in [0.15, 0.2) is 0 Å². The lowest BCUT2D eigenvalue weighted by atomic mass is 9.98. The number of likely N-dealkylation sites (tertiary alicyclic amines) is 1. The number of nitrogens with one attached hydrogen (secondary N) is 3. The van der Waals surface area contributed by atoms with Crippen LogP contribution in [0.1, 0.15) is 49.4 Å². The molecule has 0 bridgehead atoms. The first-order chi connectivity index (χ1) is 19.2. The summed E-state index contributed by atoms with van der Waals surface area (Å²) in [4.78, 5) is 19.9. The van der Waals surface area contributed by atoms with Gasteiger partial charge in [-0.25, -0.2) is 9.97 Å². The van der Waals surface area contributed by atoms with Gasteiger partial charge < -0.3 is 15.3 Å². The Morgan fingerprint density at radius 1 is 0.692 bits per heavy atom. The first-order valence-corrected chi connectivity index (χ1v) is 14.5. The average molecular weight is 511 g/mol. The summed E-state index contributed by atoms with van der Waals surface area (Å²) in [6, 6.07) is 24.7. The molecule has 0 spiro atoms. The molecule has 2 aromatic heterocycles. The predicted molar refractivity (Wildman–Crippen MR) is 156 cm³/mol. The van der Waals surface area contributed by atoms with E-state index in [2.05, 4.69) is 87.9 Å². The molecule has 0 amide bonds. The van der Waals surface area contributed by atoms with E-state index < -0.39 is 0 Å². The molecular weight excluding hydrogens is 480 g/mol. The Morgan fingerprint density at radius 3 is 1.97 bits per heavy atom. The molecule has 6 nitrogen and oxygen atoms in total. The zero-order valence-electron chi connectivity index (χ0n) is 21.9. The summed E-state index contributed by atoms with van der Waals surface area (Å²) in [5.41, 5.74) is 6.89. The normalized spacial score (nSPS) is 29.6. The number of rotatable bonds is 3. The van der Waals surface area contributed by atoms with Crippen LogP contribution in [-0.2, 0) is 0 Å². The number of aromatic amines is 2. The highest BCUT2D eigenvalue weighted by Gasteiger charge is 2.51. The fourth-order valence-electron chi connectivity index (χ4n) is 7.83. The molecule has 4 heterocycles. The van der Waals surface area contributed by atoms with Gasteiger partial charge in [0.05, 0.1) is 34.2 Å². The third kappa shape index (κ3) is 3.04. The zero-order chi connectivity index (χ0) is 25.4. The first kappa shape index (κ1) is 21.1. The monoisotopic (exact) mass is 510 g/mol. The summed E-state index contributed by atoms with van der Waals surface area (Å²) in [7, 11) is 2.26. The molecule has 2 aliphatic heterocycles. The molecule has 6 atom stereocenters. The van der Waals surface area contributed by atoms with E-state index in [1.165, 1.54) is 58.4 Å². The van der Waals surface area contributed by atoms with Gasteiger partial charge in [-0.2, -0.15) is 0 Å². The second-order valence-electron chi connectivity index (χ2n) is 12.6. The summed E-state index contributed by atoms with van der Waals surface area (Å²) >= 11 is 0. The van der Waals surface area contributed by atoms with Crippen molar-refractivity contribution >= 4 is 43.6 Å². The topological polar surface area (TPSA) is 72.6 Å². The van der Waals surface area contributed by atoms with Crippen molar-refractivity contribution in [1.82, 2.24) is 30.2 Å². The van der Waals surface area contributed by atoms with Crippen LogP contribution in [0.2, 0.25) is 0 Å². The molecule has 39 heavy (non-hydrogen) atoms. The number of nitrogens with zero attached hydrogens (tertiary/aromatic N) is 3. The number of aromatic nitrogens is 4. The lowest BCUT2D eigenvalue weighted by Gasteiger charge is -2.20. The van der Waals surface area contributed by atoms with E-state index in [9.17, 15) is 0 Å². The first-order valence-electron chi connectivity index (χ1n) is 14.5. The molecule has 10 rings (SSSR count). The van der Waals surface area contributed by atoms with Crippen molar-refractivity contribution in [3.05, 3.63) is 72.3 Å². The second-order valence-corrected chi connectivity index (χ2v) is 12.6. The highest BCUT2D eigenvalue weighted by atomic mass is 15.3. The van der Waals surface area contributed by atoms with Crippen molar-refractivity contribution < 1.29 is 0 Å². The Morgan fingerprint density at radius 2 is 1.36 bits per heavy atom. The van der Waals surface area contributed by atoms with Gasteiger partial charge >= 0.3 is 0 Å². The Kier molecular flexibility index (Phi) is 3.93. The van der Waals surface area contributed by atoms with Gasteiger partial charge in [0.1, 0.15) is 11.6 Å². The fraction of sp³-hybridized carbons (Fsp3) is 0.333. The summed E-state index contributed by atoms with van der Waals surface area (Å²) in [6.07, 6.45) is 5.14. The molecule has 0 radical (unpaired) electrons. The van der Waals surface area contributed by atoms with Crippen molar-refractivity contribution in [3.8, 4) is 11.1 Å². The maximum Gasteiger partial charge on any atom is 0.124 e. The number of piperidine rings is 2. The molecule has 2 aliphatic carbocycles. The van der Waals surface area contributed by atoms with Crippen molar-refractivity contribution in [3.63, 3.8) is 0 Å². The Bertz CT molecular complexity index is 1970. The largest absolute Gasteiger partial charge is 0.341 e. The van der Waals surface area contributed by atoms with Gasteiger partial charge in [-0.15, -0.1) is 0 Å². The van der Waals surface area contributed by atoms with Gasteiger partial charge in [0, 0.05) is 22.9 Å². The van der Waals surface area contributed by atoms with Crippen LogP contribution in [0.5, 0.6) is 0 Å². The number of hydrogen-bond acceptors (Lipinski definition) is 4. The van der Waals surface area contributed by atoms with Crippen LogP contribution in [0.4, 0.5) is 0 Å². The summed E-state index contributed by atoms with van der Waals surface area (Å²) in [5.74, 6) is 3.94. The Hall–Kier alpha value is -3.74. The van der Waals surface area contributed by atoms with E-state index in [-0.39, 0.29) is 0 Å². The van der Waals surface area contributed by atoms with Crippen molar-refractivity contribution in [2.24, 2.45) is 11.8 Å². The minimum atomic E-state index is 0.370. The smallest absolute Gasteiger partial charge is 0.124 e. The summed E-state index contributed by atoms with van der Waals surface area (Å²) < 4.78 is 0. The highest BCUT2D eigenvalue weighted by Crippen LogP contribution is 2.52. The van der Waals surface area contributed by atoms with Crippen LogP contribution in [-0.4, -0.2) is 44.0 Å². The standard InChI is InChI=1S/C33H30N6/c1-39-28-14-21(28)15-29(39)33-36-25-9-5-19-11-17(3-7-23(19)31(25)38-33)16-2-6-22-18(10-16)4-8-24-30(22)37-32(35-24)27-13-20-12-26(20)34-27/h2-11,20-21,26-29,34H,12-15H2,1H3,(H,35,37)(H,36,38)/t20-,21?,26-,27?,28?,29+/m1/s1. The molecule has 4 aromatic carbocycles. The SMILES string of the molecule is CN1C2CC2C[C@H]1c1nc2c(ccc3cc(-c4ccc5c(ccc6[nH]c(C7C[C@H]8C[C@H]8N7)nc65)c4)ccc32)[nH]1. The molecule has 3 N–H and O–H groups in total. The molecule has 6 heteroatoms. The minimum Gasteiger partial charge on any atom is -0.341 e. The molecule has 4 fully saturated rings. The van der Waals surface area contributed by atoms with Crippen LogP contribution in [0.25, 0.3) is 54.7 Å². The van der Waals surface area contributed by atoms with Crippen molar-refractivity contribution in [2.45, 2.75) is 49.9 Å². The molecule has 4 aliphatic rings. The van der Waals surface area contributed by atoms with E-state index in [4.69, 9.17) is 9.97 Å². The Balaban J connectivity index is 1.01. The van der Waals surface area contributed by atoms with Crippen molar-refractivity contribution in [1.29, 1.82) is 0 Å². The molecule has 3 unspecified atom stereocenters. The van der Waals surface area contributed by atoms with E-state index in [1.54, 1.807) is 0 Å². The second kappa shape index (κ2) is 7.26. The van der Waals surface area contributed by atoms with Gasteiger partial charge in [0.2, 0.25) is 0 Å². The van der Waals surface area contributed by atoms with Crippen LogP contribution in [0.3, 0.4) is 0 Å². The number of fused-ring (bicyclic) bond motifs is 8. The maximum atomic E-state index is 5.13. The quantitative estimate of drug-likeness (QED) is 0.251. The van der Waals surface area contributed by atoms with Crippen molar-refractivity contribution in [2.75, 3.05) is 7.05 Å². The number of imidazole rings is 2. The molecule has 192 valence electrons. The van der Waals surface area contributed by atoms with E-state index in [0.717, 1.165) is 57.6 Å². The van der Waals surface area contributed by atoms with Crippen LogP contribution in [0.15, 0.2) is 60.7 Å². The van der Waals surface area contributed by atoms with Crippen LogP contribution >= 0.6 is 0 Å². The van der Waals surface area contributed by atoms with Gasteiger partial charge in [-0.05, 0) is 90.7 Å². The van der Waals surface area contributed by atoms with E-state index >= 15 is 0 Å². The molecule has 6 aromatic rings. The third-order valence-corrected chi connectivity index (χ3v) is 10.3. The summed E-state index contributed by atoms with van der Waals surface area (Å²) in [5, 5.41) is 8.62. The highest BCUT2D eigenvalue weighted by molar-refractivity contribution is 6.07. The van der Waals surface area contributed by atoms with E-state index in [0.29, 0.717) is 12.1 Å². The fourth-order valence-corrected chi connectivity index (χ4v) is 7.83. The van der Waals surface area contributed by atoms with Crippen LogP contribution < -0.4 is 5.32 Å². The van der Waals surface area contributed by atoms with Gasteiger partial charge in [-0.3, -0.25) is 4.90 Å². The van der Waals surface area contributed by atoms with Crippen LogP contribution in [0, 0.1) is 11.8 Å². The summed E-state index contributed by atoms with van der Waals surface area (Å²) in [6.45, 7) is 0. The lowest BCUT2D eigenvalue weighted by Crippen LogP contribution is -2.22. The maximum absolute atomic E-state index is 5.13. The predicted octanol–water partition coefficient (Wildman–Crippen LogP) is 6.60. The number of H-pyrrole nitrogens is 2.